The Labute approximate surface area is 568 Å². The lowest BCUT2D eigenvalue weighted by molar-refractivity contribution is -0.161. The fourth-order valence-corrected chi connectivity index (χ4v) is 12.8. The van der Waals surface area contributed by atoms with Gasteiger partial charge < -0.3 is 33.8 Å². The third-order valence-corrected chi connectivity index (χ3v) is 19.0. The van der Waals surface area contributed by atoms with Crippen LogP contribution >= 0.6 is 15.6 Å². The first-order valence-electron chi connectivity index (χ1n) is 38.3. The molecule has 0 saturated carbocycles. The molecule has 0 radical (unpaired) electrons. The molecule has 17 nitrogen and oxygen atoms in total. The highest BCUT2D eigenvalue weighted by atomic mass is 31.2. The van der Waals surface area contributed by atoms with Crippen LogP contribution in [-0.4, -0.2) is 96.7 Å². The molecule has 0 bridgehead atoms. The van der Waals surface area contributed by atoms with Gasteiger partial charge in [0.2, 0.25) is 0 Å². The molecule has 0 aliphatic rings. The van der Waals surface area contributed by atoms with Gasteiger partial charge >= 0.3 is 39.5 Å². The van der Waals surface area contributed by atoms with Gasteiger partial charge in [-0.2, -0.15) is 0 Å². The van der Waals surface area contributed by atoms with Crippen LogP contribution in [0.2, 0.25) is 0 Å². The number of carbonyl (C=O) groups excluding carboxylic acids is 4. The monoisotopic (exact) mass is 1370 g/mol. The first-order chi connectivity index (χ1) is 44.7. The summed E-state index contributed by atoms with van der Waals surface area (Å²) in [6, 6.07) is 0. The molecule has 0 fully saturated rings. The zero-order valence-corrected chi connectivity index (χ0v) is 62.5. The molecule has 0 aromatic heterocycles. The third kappa shape index (κ3) is 68.4. The molecular weight excluding hydrogens is 1220 g/mol. The Balaban J connectivity index is 5.25. The number of hydrogen-bond acceptors (Lipinski definition) is 15. The first kappa shape index (κ1) is 91.1. The van der Waals surface area contributed by atoms with Crippen LogP contribution in [0.3, 0.4) is 0 Å². The summed E-state index contributed by atoms with van der Waals surface area (Å²) < 4.78 is 68.4. The third-order valence-electron chi connectivity index (χ3n) is 17.1. The molecule has 0 amide bonds. The first-order valence-corrected chi connectivity index (χ1v) is 41.3. The summed E-state index contributed by atoms with van der Waals surface area (Å²) in [6.07, 6.45) is 49.9. The zero-order chi connectivity index (χ0) is 68.7. The minimum absolute atomic E-state index is 0.105. The molecule has 0 aliphatic carbocycles. The number of ether oxygens (including phenoxy) is 4. The molecule has 19 heteroatoms. The fourth-order valence-electron chi connectivity index (χ4n) is 11.2. The van der Waals surface area contributed by atoms with E-state index < -0.39 is 97.5 Å². The Bertz CT molecular complexity index is 1820. The Morgan fingerprint density at radius 1 is 0.290 bits per heavy atom. The molecule has 2 unspecified atom stereocenters. The van der Waals surface area contributed by atoms with Crippen molar-refractivity contribution in [2.24, 2.45) is 17.8 Å². The van der Waals surface area contributed by atoms with Crippen molar-refractivity contribution in [3.05, 3.63) is 0 Å². The van der Waals surface area contributed by atoms with Gasteiger partial charge in [0.25, 0.3) is 0 Å². The zero-order valence-electron chi connectivity index (χ0n) is 60.7. The van der Waals surface area contributed by atoms with Gasteiger partial charge in [0.15, 0.2) is 12.2 Å². The maximum Gasteiger partial charge on any atom is 0.472 e. The molecule has 0 aromatic carbocycles. The number of hydrogen-bond donors (Lipinski definition) is 3. The van der Waals surface area contributed by atoms with Gasteiger partial charge in [0, 0.05) is 25.7 Å². The van der Waals surface area contributed by atoms with E-state index in [1.165, 1.54) is 186 Å². The predicted octanol–water partition coefficient (Wildman–Crippen LogP) is 21.4. The van der Waals surface area contributed by atoms with E-state index in [2.05, 4.69) is 48.5 Å². The van der Waals surface area contributed by atoms with Gasteiger partial charge in [0.05, 0.1) is 26.4 Å². The van der Waals surface area contributed by atoms with Crippen molar-refractivity contribution in [1.29, 1.82) is 0 Å². The van der Waals surface area contributed by atoms with Crippen molar-refractivity contribution in [2.45, 2.75) is 394 Å². The lowest BCUT2D eigenvalue weighted by atomic mass is 10.0. The smallest absolute Gasteiger partial charge is 0.462 e. The molecule has 3 N–H and O–H groups in total. The van der Waals surface area contributed by atoms with Crippen LogP contribution in [0.15, 0.2) is 0 Å². The lowest BCUT2D eigenvalue weighted by Gasteiger charge is -2.21. The average molecular weight is 1370 g/mol. The van der Waals surface area contributed by atoms with Crippen molar-refractivity contribution < 1.29 is 80.2 Å². The van der Waals surface area contributed by atoms with Gasteiger partial charge in [-0.15, -0.1) is 0 Å². The highest BCUT2D eigenvalue weighted by molar-refractivity contribution is 7.47. The minimum Gasteiger partial charge on any atom is -0.462 e. The van der Waals surface area contributed by atoms with Crippen LogP contribution in [0.5, 0.6) is 0 Å². The van der Waals surface area contributed by atoms with E-state index in [0.29, 0.717) is 25.7 Å². The average Bonchev–Trinajstić information content (AvgIpc) is 2.32. The van der Waals surface area contributed by atoms with E-state index in [9.17, 15) is 43.2 Å². The normalized spacial score (nSPS) is 14.1. The number of aliphatic hydroxyl groups excluding tert-OH is 1. The number of phosphoric acid groups is 2. The molecule has 0 saturated heterocycles. The van der Waals surface area contributed by atoms with Crippen molar-refractivity contribution >= 4 is 39.5 Å². The highest BCUT2D eigenvalue weighted by Gasteiger charge is 2.30. The number of unbranched alkanes of at least 4 members (excludes halogenated alkanes) is 40. The Morgan fingerprint density at radius 3 is 0.731 bits per heavy atom. The van der Waals surface area contributed by atoms with E-state index in [1.54, 1.807) is 0 Å². The summed E-state index contributed by atoms with van der Waals surface area (Å²) in [7, 11) is -9.91. The summed E-state index contributed by atoms with van der Waals surface area (Å²) in [6.45, 7) is 11.9. The van der Waals surface area contributed by atoms with Crippen molar-refractivity contribution in [3.8, 4) is 0 Å². The van der Waals surface area contributed by atoms with E-state index in [4.69, 9.17) is 37.0 Å². The number of rotatable bonds is 72. The van der Waals surface area contributed by atoms with E-state index >= 15 is 0 Å². The largest absolute Gasteiger partial charge is 0.472 e. The number of aliphatic hydroxyl groups is 1. The predicted molar refractivity (Wildman–Crippen MR) is 377 cm³/mol. The number of esters is 4. The Kier molecular flexibility index (Phi) is 63.4. The fraction of sp³-hybridized carbons (Fsp3) is 0.946. The second-order valence-corrected chi connectivity index (χ2v) is 31.0. The van der Waals surface area contributed by atoms with Crippen molar-refractivity contribution in [3.63, 3.8) is 0 Å². The lowest BCUT2D eigenvalue weighted by Crippen LogP contribution is -2.30. The van der Waals surface area contributed by atoms with Crippen molar-refractivity contribution in [1.82, 2.24) is 0 Å². The molecule has 0 spiro atoms. The van der Waals surface area contributed by atoms with E-state index in [1.807, 2.05) is 0 Å². The number of carbonyl (C=O) groups is 4. The van der Waals surface area contributed by atoms with Gasteiger partial charge in [-0.25, -0.2) is 9.13 Å². The van der Waals surface area contributed by atoms with E-state index in [0.717, 1.165) is 108 Å². The standard InChI is InChI=1S/C74H144O17P2/c1-8-9-10-11-12-13-27-34-41-48-55-71(76)84-61-70(91-74(79)58-51-44-37-30-23-26-33-40-47-54-67(6)7)64-89-93(82,83)87-60-68(75)59-86-92(80,81)88-63-69(62-85-72(77)56-49-42-35-28-21-18-17-20-25-32-39-46-53-66(4)5)90-73(78)57-50-43-36-29-22-16-14-15-19-24-31-38-45-52-65(2)3/h65-70,75H,8-64H2,1-7H3,(H,80,81)(H,82,83)/t68-,69-,70-/m1/s1. The summed E-state index contributed by atoms with van der Waals surface area (Å²) in [5.41, 5.74) is 0. The van der Waals surface area contributed by atoms with Crippen LogP contribution in [0.4, 0.5) is 0 Å². The molecule has 5 atom stereocenters. The quantitative estimate of drug-likeness (QED) is 0.0222. The van der Waals surface area contributed by atoms with Gasteiger partial charge in [0.1, 0.15) is 19.3 Å². The molecule has 552 valence electrons. The molecule has 0 aliphatic heterocycles. The molecular formula is C74H144O17P2. The Hall–Kier alpha value is -1.94. The second kappa shape index (κ2) is 64.7. The van der Waals surface area contributed by atoms with Crippen LogP contribution < -0.4 is 0 Å². The maximum absolute atomic E-state index is 13.1. The highest BCUT2D eigenvalue weighted by Crippen LogP contribution is 2.45. The van der Waals surface area contributed by atoms with Crippen LogP contribution in [0, 0.1) is 17.8 Å². The topological polar surface area (TPSA) is 237 Å². The second-order valence-electron chi connectivity index (χ2n) is 28.1. The minimum atomic E-state index is -4.96. The van der Waals surface area contributed by atoms with Gasteiger partial charge in [-0.1, -0.05) is 325 Å². The molecule has 0 rings (SSSR count). The summed E-state index contributed by atoms with van der Waals surface area (Å²) >= 11 is 0. The number of phosphoric ester groups is 2. The van der Waals surface area contributed by atoms with E-state index in [-0.39, 0.29) is 25.7 Å². The van der Waals surface area contributed by atoms with Gasteiger partial charge in [-0.05, 0) is 43.4 Å². The van der Waals surface area contributed by atoms with Crippen LogP contribution in [0.1, 0.15) is 376 Å². The van der Waals surface area contributed by atoms with Gasteiger partial charge in [-0.3, -0.25) is 37.3 Å². The molecule has 0 aromatic rings. The molecule has 0 heterocycles. The summed E-state index contributed by atoms with van der Waals surface area (Å²) in [5, 5.41) is 10.6. The SMILES string of the molecule is CCCCCCCCCCCCC(=O)OC[C@H](COP(=O)(O)OC[C@H](O)COP(=O)(O)OC[C@@H](COC(=O)CCCCCCCCCCCCCCC(C)C)OC(=O)CCCCCCCCCCCCCCCC(C)C)OC(=O)CCCCCCCCCCCC(C)C. The Morgan fingerprint density at radius 2 is 0.495 bits per heavy atom. The summed E-state index contributed by atoms with van der Waals surface area (Å²) in [5.74, 6) is 0.185. The molecule has 93 heavy (non-hydrogen) atoms. The summed E-state index contributed by atoms with van der Waals surface area (Å²) in [4.78, 5) is 72.7. The van der Waals surface area contributed by atoms with Crippen LogP contribution in [0.25, 0.3) is 0 Å². The van der Waals surface area contributed by atoms with Crippen molar-refractivity contribution in [2.75, 3.05) is 39.6 Å². The van der Waals surface area contributed by atoms with Crippen LogP contribution in [-0.2, 0) is 65.4 Å². The maximum atomic E-state index is 13.1.